The summed E-state index contributed by atoms with van der Waals surface area (Å²) in [5.74, 6) is -1.47. The molecule has 1 unspecified atom stereocenters. The number of hydrogen-bond donors (Lipinski definition) is 0. The zero-order valence-electron chi connectivity index (χ0n) is 13.9. The van der Waals surface area contributed by atoms with Crippen LogP contribution in [0.3, 0.4) is 0 Å². The Labute approximate surface area is 145 Å². The van der Waals surface area contributed by atoms with Crippen molar-refractivity contribution >= 4 is 11.9 Å². The minimum Gasteiger partial charge on any atom is -0.449 e. The molecule has 0 heterocycles. The van der Waals surface area contributed by atoms with E-state index in [1.165, 1.54) is 36.1 Å². The van der Waals surface area contributed by atoms with Crippen LogP contribution in [0.2, 0.25) is 0 Å². The monoisotopic (exact) mass is 340 g/mol. The summed E-state index contributed by atoms with van der Waals surface area (Å²) >= 11 is 0. The van der Waals surface area contributed by atoms with Crippen molar-refractivity contribution in [2.75, 3.05) is 7.05 Å². The number of amides is 1. The van der Waals surface area contributed by atoms with Gasteiger partial charge in [0.05, 0.1) is 17.2 Å². The molecule has 2 rings (SSSR count). The summed E-state index contributed by atoms with van der Waals surface area (Å²) in [5.41, 5.74) is 1.17. The van der Waals surface area contributed by atoms with E-state index < -0.39 is 18.0 Å². The fourth-order valence-corrected chi connectivity index (χ4v) is 2.29. The lowest BCUT2D eigenvalue weighted by Gasteiger charge is -2.21. The normalized spacial score (nSPS) is 11.3. The van der Waals surface area contributed by atoms with Crippen LogP contribution in [0.5, 0.6) is 0 Å². The molecule has 2 aromatic rings. The molecule has 5 nitrogen and oxygen atoms in total. The molecule has 0 saturated heterocycles. The maximum Gasteiger partial charge on any atom is 0.338 e. The van der Waals surface area contributed by atoms with Crippen LogP contribution in [0.1, 0.15) is 28.4 Å². The first-order valence-electron chi connectivity index (χ1n) is 7.61. The Morgan fingerprint density at radius 1 is 1.24 bits per heavy atom. The summed E-state index contributed by atoms with van der Waals surface area (Å²) in [4.78, 5) is 25.8. The van der Waals surface area contributed by atoms with Crippen LogP contribution >= 0.6 is 0 Å². The lowest BCUT2D eigenvalue weighted by molar-refractivity contribution is -0.139. The second kappa shape index (κ2) is 8.06. The van der Waals surface area contributed by atoms with E-state index in [-0.39, 0.29) is 17.9 Å². The lowest BCUT2D eigenvalue weighted by Crippen LogP contribution is -2.37. The smallest absolute Gasteiger partial charge is 0.338 e. The van der Waals surface area contributed by atoms with Crippen LogP contribution in [0.25, 0.3) is 0 Å². The van der Waals surface area contributed by atoms with Crippen molar-refractivity contribution in [1.82, 2.24) is 4.90 Å². The number of likely N-dealkylation sites (N-methyl/N-ethyl adjacent to an activating group) is 1. The molecule has 1 amide bonds. The Bertz CT molecular complexity index is 829. The summed E-state index contributed by atoms with van der Waals surface area (Å²) < 4.78 is 18.4. The summed E-state index contributed by atoms with van der Waals surface area (Å²) in [6.45, 7) is 1.67. The molecule has 0 aromatic heterocycles. The maximum atomic E-state index is 13.2. The molecule has 0 aliphatic heterocycles. The SMILES string of the molecule is CC(OC(=O)c1cccc(C#N)c1)C(=O)N(C)Cc1cccc(F)c1. The standard InChI is InChI=1S/C19H17FN2O3/c1-13(25-19(24)16-7-3-5-14(9-16)11-21)18(23)22(2)12-15-6-4-8-17(20)10-15/h3-10,13H,12H2,1-2H3. The average Bonchev–Trinajstić information content (AvgIpc) is 2.60. The van der Waals surface area contributed by atoms with Gasteiger partial charge in [-0.3, -0.25) is 4.79 Å². The number of hydrogen-bond acceptors (Lipinski definition) is 4. The van der Waals surface area contributed by atoms with Crippen molar-refractivity contribution in [3.63, 3.8) is 0 Å². The summed E-state index contributed by atoms with van der Waals surface area (Å²) in [5, 5.41) is 8.86. The van der Waals surface area contributed by atoms with Crippen LogP contribution in [0.4, 0.5) is 4.39 Å². The number of carbonyl (C=O) groups is 2. The molecule has 128 valence electrons. The van der Waals surface area contributed by atoms with Gasteiger partial charge in [0.1, 0.15) is 5.82 Å². The van der Waals surface area contributed by atoms with Gasteiger partial charge in [-0.05, 0) is 42.8 Å². The van der Waals surface area contributed by atoms with E-state index in [2.05, 4.69) is 0 Å². The number of esters is 1. The van der Waals surface area contributed by atoms with Crippen molar-refractivity contribution in [3.8, 4) is 6.07 Å². The number of rotatable bonds is 5. The first-order valence-corrected chi connectivity index (χ1v) is 7.61. The zero-order chi connectivity index (χ0) is 18.4. The third kappa shape index (κ3) is 4.88. The summed E-state index contributed by atoms with van der Waals surface area (Å²) in [6, 6.07) is 13.9. The van der Waals surface area contributed by atoms with Gasteiger partial charge >= 0.3 is 5.97 Å². The Hall–Kier alpha value is -3.20. The fraction of sp³-hybridized carbons (Fsp3) is 0.211. The van der Waals surface area contributed by atoms with E-state index in [4.69, 9.17) is 10.00 Å². The number of nitriles is 1. The highest BCUT2D eigenvalue weighted by Crippen LogP contribution is 2.11. The third-order valence-electron chi connectivity index (χ3n) is 3.54. The largest absolute Gasteiger partial charge is 0.449 e. The molecule has 0 spiro atoms. The van der Waals surface area contributed by atoms with E-state index in [0.717, 1.165) is 0 Å². The first-order chi connectivity index (χ1) is 11.9. The molecule has 25 heavy (non-hydrogen) atoms. The predicted octanol–water partition coefficient (Wildman–Crippen LogP) is 2.90. The molecule has 0 radical (unpaired) electrons. The predicted molar refractivity (Wildman–Crippen MR) is 88.9 cm³/mol. The molecule has 1 atom stereocenters. The number of ether oxygens (including phenoxy) is 1. The van der Waals surface area contributed by atoms with E-state index >= 15 is 0 Å². The fourth-order valence-electron chi connectivity index (χ4n) is 2.29. The van der Waals surface area contributed by atoms with Crippen LogP contribution in [-0.4, -0.2) is 29.9 Å². The second-order valence-electron chi connectivity index (χ2n) is 5.56. The minimum atomic E-state index is -1.00. The molecule has 0 fully saturated rings. The third-order valence-corrected chi connectivity index (χ3v) is 3.54. The Kier molecular flexibility index (Phi) is 5.85. The number of nitrogens with zero attached hydrogens (tertiary/aromatic N) is 2. The van der Waals surface area contributed by atoms with Crippen molar-refractivity contribution in [2.45, 2.75) is 19.6 Å². The van der Waals surface area contributed by atoms with Gasteiger partial charge in [0.15, 0.2) is 6.10 Å². The van der Waals surface area contributed by atoms with Gasteiger partial charge in [0.25, 0.3) is 5.91 Å². The quantitative estimate of drug-likeness (QED) is 0.785. The van der Waals surface area contributed by atoms with Crippen molar-refractivity contribution < 1.29 is 18.7 Å². The van der Waals surface area contributed by atoms with Gasteiger partial charge in [-0.2, -0.15) is 5.26 Å². The Balaban J connectivity index is 1.99. The number of carbonyl (C=O) groups excluding carboxylic acids is 2. The van der Waals surface area contributed by atoms with Crippen LogP contribution in [0.15, 0.2) is 48.5 Å². The Morgan fingerprint density at radius 2 is 1.96 bits per heavy atom. The second-order valence-corrected chi connectivity index (χ2v) is 5.56. The molecular formula is C19H17FN2O3. The molecule has 2 aromatic carbocycles. The molecule has 6 heteroatoms. The van der Waals surface area contributed by atoms with Gasteiger partial charge in [-0.1, -0.05) is 18.2 Å². The van der Waals surface area contributed by atoms with E-state index in [9.17, 15) is 14.0 Å². The maximum absolute atomic E-state index is 13.2. The van der Waals surface area contributed by atoms with Gasteiger partial charge in [0.2, 0.25) is 0 Å². The number of benzene rings is 2. The molecule has 0 aliphatic carbocycles. The van der Waals surface area contributed by atoms with Crippen molar-refractivity contribution in [3.05, 3.63) is 71.0 Å². The van der Waals surface area contributed by atoms with Crippen molar-refractivity contribution in [1.29, 1.82) is 5.26 Å². The van der Waals surface area contributed by atoms with Gasteiger partial charge < -0.3 is 9.64 Å². The van der Waals surface area contributed by atoms with Gasteiger partial charge in [-0.15, -0.1) is 0 Å². The summed E-state index contributed by atoms with van der Waals surface area (Å²) in [6.07, 6.45) is -1.00. The highest BCUT2D eigenvalue weighted by atomic mass is 19.1. The lowest BCUT2D eigenvalue weighted by atomic mass is 10.1. The van der Waals surface area contributed by atoms with Crippen molar-refractivity contribution in [2.24, 2.45) is 0 Å². The minimum absolute atomic E-state index is 0.197. The zero-order valence-corrected chi connectivity index (χ0v) is 13.9. The Morgan fingerprint density at radius 3 is 2.64 bits per heavy atom. The van der Waals surface area contributed by atoms with E-state index in [1.54, 1.807) is 31.3 Å². The highest BCUT2D eigenvalue weighted by Gasteiger charge is 2.22. The number of halogens is 1. The van der Waals surface area contributed by atoms with Gasteiger partial charge in [0, 0.05) is 13.6 Å². The average molecular weight is 340 g/mol. The molecule has 0 saturated carbocycles. The topological polar surface area (TPSA) is 70.4 Å². The van der Waals surface area contributed by atoms with Crippen LogP contribution in [-0.2, 0) is 16.1 Å². The van der Waals surface area contributed by atoms with Crippen LogP contribution < -0.4 is 0 Å². The summed E-state index contributed by atoms with van der Waals surface area (Å²) in [7, 11) is 1.55. The van der Waals surface area contributed by atoms with Gasteiger partial charge in [-0.25, -0.2) is 9.18 Å². The molecule has 0 aliphatic rings. The first kappa shape index (κ1) is 18.1. The molecule has 0 N–H and O–H groups in total. The highest BCUT2D eigenvalue weighted by molar-refractivity contribution is 5.92. The van der Waals surface area contributed by atoms with E-state index in [0.29, 0.717) is 11.1 Å². The molecule has 0 bridgehead atoms. The van der Waals surface area contributed by atoms with E-state index in [1.807, 2.05) is 6.07 Å². The van der Waals surface area contributed by atoms with Crippen LogP contribution in [0, 0.1) is 17.1 Å². The molecular weight excluding hydrogens is 323 g/mol.